The first-order valence-electron chi connectivity index (χ1n) is 14.3. The van der Waals surface area contributed by atoms with Crippen molar-refractivity contribution in [3.63, 3.8) is 0 Å². The molecular weight excluding hydrogens is 579 g/mol. The van der Waals surface area contributed by atoms with Gasteiger partial charge in [-0.05, 0) is 73.5 Å². The van der Waals surface area contributed by atoms with Gasteiger partial charge < -0.3 is 15.4 Å². The Balaban J connectivity index is 1.30. The second-order valence-electron chi connectivity index (χ2n) is 11.4. The van der Waals surface area contributed by atoms with E-state index in [0.29, 0.717) is 33.7 Å². The Labute approximate surface area is 248 Å². The second kappa shape index (κ2) is 11.7. The predicted molar refractivity (Wildman–Crippen MR) is 159 cm³/mol. The number of hydrogen-bond donors (Lipinski definition) is 2. The Bertz CT molecular complexity index is 1760. The van der Waals surface area contributed by atoms with Gasteiger partial charge in [0.15, 0.2) is 9.84 Å². The number of rotatable bonds is 9. The van der Waals surface area contributed by atoms with Crippen LogP contribution in [-0.2, 0) is 15.6 Å². The van der Waals surface area contributed by atoms with Gasteiger partial charge >= 0.3 is 0 Å². The molecule has 1 saturated carbocycles. The van der Waals surface area contributed by atoms with E-state index in [2.05, 4.69) is 20.6 Å². The van der Waals surface area contributed by atoms with Crippen LogP contribution >= 0.6 is 0 Å². The minimum Gasteiger partial charge on any atom is -0.437 e. The van der Waals surface area contributed by atoms with Crippen molar-refractivity contribution in [3.05, 3.63) is 71.8 Å². The van der Waals surface area contributed by atoms with Gasteiger partial charge in [0.2, 0.25) is 17.8 Å². The highest BCUT2D eigenvalue weighted by Gasteiger charge is 2.46. The molecule has 0 unspecified atom stereocenters. The zero-order valence-electron chi connectivity index (χ0n) is 23.6. The minimum absolute atomic E-state index is 0.0154. The number of benzene rings is 2. The molecule has 0 spiro atoms. The van der Waals surface area contributed by atoms with Gasteiger partial charge in [0.25, 0.3) is 0 Å². The van der Waals surface area contributed by atoms with Gasteiger partial charge in [-0.25, -0.2) is 36.5 Å². The maximum atomic E-state index is 15.1. The lowest BCUT2D eigenvalue weighted by Gasteiger charge is -2.34. The SMILES string of the molecule is Cc1ccc2c(CS(=O)(=O)CC3CC(F)(F)C3)c(F)ccc2c1Oc1ncccc1-c1ccnc(N[C@H]2CCCNC2)n1. The van der Waals surface area contributed by atoms with Crippen LogP contribution in [0.4, 0.5) is 19.1 Å². The number of fused-ring (bicyclic) bond motifs is 1. The number of piperidine rings is 1. The molecule has 2 aliphatic rings. The van der Waals surface area contributed by atoms with Crippen LogP contribution in [0.3, 0.4) is 0 Å². The molecule has 0 bridgehead atoms. The fourth-order valence-corrected chi connectivity index (χ4v) is 7.65. The van der Waals surface area contributed by atoms with Gasteiger partial charge in [-0.2, -0.15) is 0 Å². The first kappa shape index (κ1) is 29.3. The number of nitrogens with one attached hydrogen (secondary N) is 2. The van der Waals surface area contributed by atoms with Gasteiger partial charge in [-0.1, -0.05) is 12.1 Å². The Hall–Kier alpha value is -3.77. The molecule has 226 valence electrons. The Kier molecular flexibility index (Phi) is 7.99. The molecule has 2 aromatic heterocycles. The van der Waals surface area contributed by atoms with E-state index in [1.807, 2.05) is 13.0 Å². The molecule has 0 amide bonds. The number of halogens is 3. The molecule has 3 heterocycles. The summed E-state index contributed by atoms with van der Waals surface area (Å²) in [5.41, 5.74) is 1.93. The number of aromatic nitrogens is 3. The lowest BCUT2D eigenvalue weighted by Crippen LogP contribution is -2.39. The van der Waals surface area contributed by atoms with Crippen molar-refractivity contribution in [3.8, 4) is 22.9 Å². The molecule has 6 rings (SSSR count). The van der Waals surface area contributed by atoms with E-state index in [9.17, 15) is 17.2 Å². The summed E-state index contributed by atoms with van der Waals surface area (Å²) < 4.78 is 73.9. The fourth-order valence-electron chi connectivity index (χ4n) is 5.85. The molecule has 1 aliphatic heterocycles. The summed E-state index contributed by atoms with van der Waals surface area (Å²) in [6, 6.07) is 11.7. The van der Waals surface area contributed by atoms with Crippen LogP contribution in [0.25, 0.3) is 22.0 Å². The quantitative estimate of drug-likeness (QED) is 0.236. The molecule has 2 aromatic carbocycles. The van der Waals surface area contributed by atoms with Crippen LogP contribution in [0.5, 0.6) is 11.6 Å². The normalized spacial score (nSPS) is 18.7. The summed E-state index contributed by atoms with van der Waals surface area (Å²) in [6.45, 7) is 3.66. The molecule has 2 fully saturated rings. The number of ether oxygens (including phenoxy) is 1. The lowest BCUT2D eigenvalue weighted by molar-refractivity contribution is -0.103. The molecule has 1 atom stereocenters. The highest BCUT2D eigenvalue weighted by atomic mass is 32.2. The number of pyridine rings is 1. The summed E-state index contributed by atoms with van der Waals surface area (Å²) in [7, 11) is -3.85. The van der Waals surface area contributed by atoms with Crippen LogP contribution < -0.4 is 15.4 Å². The number of anilines is 1. The van der Waals surface area contributed by atoms with Crippen molar-refractivity contribution in [2.24, 2.45) is 5.92 Å². The molecule has 43 heavy (non-hydrogen) atoms. The van der Waals surface area contributed by atoms with Crippen molar-refractivity contribution >= 4 is 26.6 Å². The molecule has 8 nitrogen and oxygen atoms in total. The van der Waals surface area contributed by atoms with Crippen LogP contribution in [-0.4, -0.2) is 54.2 Å². The maximum Gasteiger partial charge on any atom is 0.248 e. The smallest absolute Gasteiger partial charge is 0.248 e. The largest absolute Gasteiger partial charge is 0.437 e. The Morgan fingerprint density at radius 2 is 1.88 bits per heavy atom. The highest BCUT2D eigenvalue weighted by molar-refractivity contribution is 7.90. The minimum atomic E-state index is -3.85. The van der Waals surface area contributed by atoms with Crippen molar-refractivity contribution in [1.82, 2.24) is 20.3 Å². The average molecular weight is 612 g/mol. The fraction of sp³-hybridized carbons (Fsp3) is 0.387. The number of sulfone groups is 1. The monoisotopic (exact) mass is 611 g/mol. The van der Waals surface area contributed by atoms with E-state index in [1.54, 1.807) is 42.7 Å². The van der Waals surface area contributed by atoms with Gasteiger partial charge in [0.05, 0.1) is 22.8 Å². The van der Waals surface area contributed by atoms with Crippen molar-refractivity contribution < 1.29 is 26.3 Å². The van der Waals surface area contributed by atoms with Crippen molar-refractivity contribution in [1.29, 1.82) is 0 Å². The lowest BCUT2D eigenvalue weighted by atomic mass is 9.83. The topological polar surface area (TPSA) is 106 Å². The molecule has 1 aliphatic carbocycles. The number of aryl methyl sites for hydroxylation is 1. The standard InChI is InChI=1S/C31H32F3N5O3S/c1-19-6-7-22-23(8-9-26(32)25(22)18-43(40,41)17-20-14-31(33,34)15-20)28(19)42-29-24(5-3-12-36-29)27-10-13-37-30(39-27)38-21-4-2-11-35-16-21/h3,5-10,12-13,20-21,35H,2,4,11,14-18H2,1H3,(H,37,38,39)/t21-/m0/s1. The highest BCUT2D eigenvalue weighted by Crippen LogP contribution is 2.44. The number of nitrogens with zero attached hydrogens (tertiary/aromatic N) is 3. The predicted octanol–water partition coefficient (Wildman–Crippen LogP) is 6.06. The third-order valence-electron chi connectivity index (χ3n) is 7.96. The van der Waals surface area contributed by atoms with E-state index >= 15 is 4.39 Å². The molecular formula is C31H32F3N5O3S. The first-order chi connectivity index (χ1) is 20.6. The third-order valence-corrected chi connectivity index (χ3v) is 9.67. The molecule has 12 heteroatoms. The zero-order chi connectivity index (χ0) is 30.2. The van der Waals surface area contributed by atoms with Crippen molar-refractivity contribution in [2.75, 3.05) is 24.2 Å². The van der Waals surface area contributed by atoms with Gasteiger partial charge in [0, 0.05) is 48.8 Å². The summed E-state index contributed by atoms with van der Waals surface area (Å²) in [4.78, 5) is 13.5. The van der Waals surface area contributed by atoms with Crippen LogP contribution in [0, 0.1) is 18.7 Å². The van der Waals surface area contributed by atoms with Crippen LogP contribution in [0.15, 0.2) is 54.9 Å². The average Bonchev–Trinajstić information content (AvgIpc) is 2.96. The van der Waals surface area contributed by atoms with E-state index in [-0.39, 0.29) is 17.5 Å². The molecule has 0 radical (unpaired) electrons. The number of hydrogen-bond acceptors (Lipinski definition) is 8. The summed E-state index contributed by atoms with van der Waals surface area (Å²) in [6.07, 6.45) is 4.42. The Morgan fingerprint density at radius 1 is 1.07 bits per heavy atom. The molecule has 2 N–H and O–H groups in total. The van der Waals surface area contributed by atoms with Gasteiger partial charge in [0.1, 0.15) is 11.6 Å². The summed E-state index contributed by atoms with van der Waals surface area (Å²) in [5.74, 6) is -3.97. The van der Waals surface area contributed by atoms with E-state index in [4.69, 9.17) is 9.72 Å². The second-order valence-corrected chi connectivity index (χ2v) is 13.5. The number of alkyl halides is 2. The maximum absolute atomic E-state index is 15.1. The first-order valence-corrected chi connectivity index (χ1v) is 16.1. The van der Waals surface area contributed by atoms with E-state index < -0.39 is 51.8 Å². The van der Waals surface area contributed by atoms with Crippen LogP contribution in [0.2, 0.25) is 0 Å². The van der Waals surface area contributed by atoms with Crippen molar-refractivity contribution in [2.45, 2.75) is 50.3 Å². The van der Waals surface area contributed by atoms with Crippen LogP contribution in [0.1, 0.15) is 36.8 Å². The Morgan fingerprint density at radius 3 is 2.65 bits per heavy atom. The summed E-state index contributed by atoms with van der Waals surface area (Å²) in [5, 5.41) is 7.62. The summed E-state index contributed by atoms with van der Waals surface area (Å²) >= 11 is 0. The van der Waals surface area contributed by atoms with Gasteiger partial charge in [-0.3, -0.25) is 0 Å². The molecule has 4 aromatic rings. The third kappa shape index (κ3) is 6.59. The van der Waals surface area contributed by atoms with E-state index in [1.165, 1.54) is 6.07 Å². The van der Waals surface area contributed by atoms with E-state index in [0.717, 1.165) is 31.5 Å². The van der Waals surface area contributed by atoms with Gasteiger partial charge in [-0.15, -0.1) is 0 Å². The zero-order valence-corrected chi connectivity index (χ0v) is 24.4. The molecule has 1 saturated heterocycles.